The minimum absolute atomic E-state index is 0.0344. The number of H-pyrrole nitrogens is 1. The Morgan fingerprint density at radius 1 is 1.03 bits per heavy atom. The molecule has 2 aliphatic heterocycles. The zero-order chi connectivity index (χ0) is 21.9. The molecule has 1 aromatic carbocycles. The average Bonchev–Trinajstić information content (AvgIpc) is 3.54. The lowest BCUT2D eigenvalue weighted by molar-refractivity contribution is -0.145. The number of fused-ring (bicyclic) bond motifs is 1. The predicted octanol–water partition coefficient (Wildman–Crippen LogP) is 1.67. The largest absolute Gasteiger partial charge is 0.485 e. The van der Waals surface area contributed by atoms with Crippen molar-refractivity contribution in [1.29, 1.82) is 0 Å². The highest BCUT2D eigenvalue weighted by Crippen LogP contribution is 2.31. The number of nitrogens with zero attached hydrogens (tertiary/aromatic N) is 4. The van der Waals surface area contributed by atoms with Crippen LogP contribution in [0, 0.1) is 0 Å². The average molecular weight is 455 g/mol. The number of hydrogen-bond donors (Lipinski definition) is 1. The summed E-state index contributed by atoms with van der Waals surface area (Å²) in [6.45, 7) is 2.02. The van der Waals surface area contributed by atoms with Crippen LogP contribution in [0.3, 0.4) is 0 Å². The Balaban J connectivity index is 1.09. The minimum Gasteiger partial charge on any atom is -0.485 e. The molecule has 0 unspecified atom stereocenters. The number of rotatable bonds is 5. The fourth-order valence-corrected chi connectivity index (χ4v) is 4.24. The second kappa shape index (κ2) is 8.95. The van der Waals surface area contributed by atoms with Gasteiger partial charge in [-0.15, -0.1) is 10.2 Å². The Morgan fingerprint density at radius 2 is 1.81 bits per heavy atom. The van der Waals surface area contributed by atoms with E-state index < -0.39 is 6.10 Å². The van der Waals surface area contributed by atoms with Crippen LogP contribution in [-0.2, 0) is 9.59 Å². The highest BCUT2D eigenvalue weighted by atomic mass is 32.2. The zero-order valence-electron chi connectivity index (χ0n) is 17.1. The minimum atomic E-state index is -0.672. The molecule has 11 heteroatoms. The number of piperazine rings is 1. The molecule has 0 aliphatic carbocycles. The summed E-state index contributed by atoms with van der Waals surface area (Å²) in [5.41, 5.74) is 0.729. The molecule has 4 heterocycles. The SMILES string of the molecule is O=C(CSc1nnc(-c2ccc[nH]2)o1)N1CCN(C(=O)[C@@H]2COc3ccccc3O2)CC1. The molecule has 2 aliphatic rings. The van der Waals surface area contributed by atoms with Gasteiger partial charge in [0.25, 0.3) is 17.0 Å². The van der Waals surface area contributed by atoms with Gasteiger partial charge in [-0.3, -0.25) is 9.59 Å². The van der Waals surface area contributed by atoms with Crippen molar-refractivity contribution >= 4 is 23.6 Å². The van der Waals surface area contributed by atoms with E-state index in [1.807, 2.05) is 30.3 Å². The zero-order valence-corrected chi connectivity index (χ0v) is 17.9. The molecular weight excluding hydrogens is 434 g/mol. The van der Waals surface area contributed by atoms with Gasteiger partial charge in [0, 0.05) is 32.4 Å². The Bertz CT molecular complexity index is 1090. The molecule has 166 valence electrons. The summed E-state index contributed by atoms with van der Waals surface area (Å²) in [4.78, 5) is 31.9. The lowest BCUT2D eigenvalue weighted by Crippen LogP contribution is -2.55. The predicted molar refractivity (Wildman–Crippen MR) is 114 cm³/mol. The third-order valence-electron chi connectivity index (χ3n) is 5.28. The first kappa shape index (κ1) is 20.4. The summed E-state index contributed by atoms with van der Waals surface area (Å²) in [5, 5.41) is 8.29. The molecule has 10 nitrogen and oxygen atoms in total. The van der Waals surface area contributed by atoms with Gasteiger partial charge in [0.05, 0.1) is 5.75 Å². The molecule has 2 amide bonds. The topological polar surface area (TPSA) is 114 Å². The number of ether oxygens (including phenoxy) is 2. The summed E-state index contributed by atoms with van der Waals surface area (Å²) in [6, 6.07) is 11.0. The van der Waals surface area contributed by atoms with Crippen molar-refractivity contribution in [1.82, 2.24) is 25.0 Å². The van der Waals surface area contributed by atoms with Crippen molar-refractivity contribution in [3.63, 3.8) is 0 Å². The number of carbonyl (C=O) groups excluding carboxylic acids is 2. The van der Waals surface area contributed by atoms with Gasteiger partial charge in [0.2, 0.25) is 12.0 Å². The maximum atomic E-state index is 12.8. The molecule has 1 N–H and O–H groups in total. The Hall–Kier alpha value is -3.47. The summed E-state index contributed by atoms with van der Waals surface area (Å²) in [5.74, 6) is 1.63. The molecule has 32 heavy (non-hydrogen) atoms. The fourth-order valence-electron chi connectivity index (χ4n) is 3.58. The van der Waals surface area contributed by atoms with Gasteiger partial charge in [-0.2, -0.15) is 0 Å². The smallest absolute Gasteiger partial charge is 0.277 e. The van der Waals surface area contributed by atoms with Crippen LogP contribution < -0.4 is 9.47 Å². The van der Waals surface area contributed by atoms with Crippen molar-refractivity contribution < 1.29 is 23.5 Å². The highest BCUT2D eigenvalue weighted by molar-refractivity contribution is 7.99. The van der Waals surface area contributed by atoms with Gasteiger partial charge in [-0.05, 0) is 24.3 Å². The van der Waals surface area contributed by atoms with Gasteiger partial charge in [0.15, 0.2) is 11.5 Å². The quantitative estimate of drug-likeness (QED) is 0.578. The third kappa shape index (κ3) is 4.28. The number of benzene rings is 1. The second-order valence-corrected chi connectivity index (χ2v) is 8.24. The number of carbonyl (C=O) groups is 2. The number of aromatic amines is 1. The molecular formula is C21H21N5O5S. The van der Waals surface area contributed by atoms with E-state index in [1.54, 1.807) is 22.1 Å². The lowest BCUT2D eigenvalue weighted by atomic mass is 10.2. The molecule has 0 spiro atoms. The number of hydrogen-bond acceptors (Lipinski definition) is 8. The maximum Gasteiger partial charge on any atom is 0.277 e. The van der Waals surface area contributed by atoms with E-state index in [2.05, 4.69) is 15.2 Å². The van der Waals surface area contributed by atoms with Crippen molar-refractivity contribution in [2.45, 2.75) is 11.3 Å². The van der Waals surface area contributed by atoms with Gasteiger partial charge >= 0.3 is 0 Å². The summed E-state index contributed by atoms with van der Waals surface area (Å²) >= 11 is 1.20. The molecule has 1 fully saturated rings. The van der Waals surface area contributed by atoms with Crippen LogP contribution in [0.25, 0.3) is 11.6 Å². The van der Waals surface area contributed by atoms with E-state index in [4.69, 9.17) is 13.9 Å². The van der Waals surface area contributed by atoms with Crippen molar-refractivity contribution in [3.8, 4) is 23.1 Å². The monoisotopic (exact) mass is 455 g/mol. The first-order valence-electron chi connectivity index (χ1n) is 10.2. The molecule has 1 saturated heterocycles. The highest BCUT2D eigenvalue weighted by Gasteiger charge is 2.33. The van der Waals surface area contributed by atoms with Crippen LogP contribution in [0.2, 0.25) is 0 Å². The van der Waals surface area contributed by atoms with Gasteiger partial charge in [-0.1, -0.05) is 23.9 Å². The number of para-hydroxylation sites is 2. The molecule has 0 radical (unpaired) electrons. The van der Waals surface area contributed by atoms with E-state index in [0.717, 1.165) is 5.69 Å². The number of aromatic nitrogens is 3. The van der Waals surface area contributed by atoms with Crippen LogP contribution in [0.1, 0.15) is 0 Å². The van der Waals surface area contributed by atoms with Gasteiger partial charge in [0.1, 0.15) is 12.3 Å². The van der Waals surface area contributed by atoms with Crippen LogP contribution in [0.15, 0.2) is 52.2 Å². The lowest BCUT2D eigenvalue weighted by Gasteiger charge is -2.37. The molecule has 2 aromatic heterocycles. The summed E-state index contributed by atoms with van der Waals surface area (Å²) < 4.78 is 17.0. The molecule has 5 rings (SSSR count). The third-order valence-corrected chi connectivity index (χ3v) is 6.09. The van der Waals surface area contributed by atoms with Gasteiger partial charge < -0.3 is 28.7 Å². The van der Waals surface area contributed by atoms with E-state index in [9.17, 15) is 9.59 Å². The second-order valence-electron chi connectivity index (χ2n) is 7.32. The molecule has 0 saturated carbocycles. The van der Waals surface area contributed by atoms with Crippen LogP contribution >= 0.6 is 11.8 Å². The number of amides is 2. The normalized spacial score (nSPS) is 17.9. The number of thioether (sulfide) groups is 1. The first-order valence-corrected chi connectivity index (χ1v) is 11.2. The fraction of sp³-hybridized carbons (Fsp3) is 0.333. The Kier molecular flexibility index (Phi) is 5.71. The van der Waals surface area contributed by atoms with Gasteiger partial charge in [-0.25, -0.2) is 0 Å². The van der Waals surface area contributed by atoms with Crippen molar-refractivity contribution in [2.24, 2.45) is 0 Å². The summed E-state index contributed by atoms with van der Waals surface area (Å²) in [7, 11) is 0. The molecule has 1 atom stereocenters. The maximum absolute atomic E-state index is 12.8. The summed E-state index contributed by atoms with van der Waals surface area (Å²) in [6.07, 6.45) is 1.10. The van der Waals surface area contributed by atoms with Crippen LogP contribution in [0.4, 0.5) is 0 Å². The van der Waals surface area contributed by atoms with Crippen molar-refractivity contribution in [3.05, 3.63) is 42.6 Å². The van der Waals surface area contributed by atoms with E-state index in [0.29, 0.717) is 48.8 Å². The first-order chi connectivity index (χ1) is 15.7. The van der Waals surface area contributed by atoms with Crippen molar-refractivity contribution in [2.75, 3.05) is 38.5 Å². The van der Waals surface area contributed by atoms with E-state index in [-0.39, 0.29) is 24.2 Å². The van der Waals surface area contributed by atoms with Crippen LogP contribution in [0.5, 0.6) is 11.5 Å². The Labute approximate surface area is 187 Å². The number of nitrogens with one attached hydrogen (secondary N) is 1. The van der Waals surface area contributed by atoms with E-state index >= 15 is 0 Å². The molecule has 0 bridgehead atoms. The van der Waals surface area contributed by atoms with E-state index in [1.165, 1.54) is 11.8 Å². The Morgan fingerprint density at radius 3 is 2.59 bits per heavy atom. The molecule has 3 aromatic rings. The standard InChI is InChI=1S/C21H21N5O5S/c27-18(13-32-21-24-23-19(31-21)14-4-3-7-22-14)25-8-10-26(11-9-25)20(28)17-12-29-15-5-1-2-6-16(15)30-17/h1-7,17,22H,8-13H2/t17-/m0/s1. The van der Waals surface area contributed by atoms with Crippen LogP contribution in [-0.4, -0.2) is 81.4 Å².